The van der Waals surface area contributed by atoms with E-state index in [1.54, 1.807) is 6.07 Å². The fraction of sp³-hybridized carbons (Fsp3) is 0.500. The number of fused-ring (bicyclic) bond motifs is 1. The van der Waals surface area contributed by atoms with Crippen molar-refractivity contribution in [3.05, 3.63) is 62.8 Å². The number of anilines is 1. The van der Waals surface area contributed by atoms with Gasteiger partial charge in [0.25, 0.3) is 5.56 Å². The van der Waals surface area contributed by atoms with Crippen LogP contribution in [0.2, 0.25) is 0 Å². The first-order valence-corrected chi connectivity index (χ1v) is 10.9. The molecular formula is C24H31FN4O2. The van der Waals surface area contributed by atoms with Crippen LogP contribution in [0.1, 0.15) is 43.2 Å². The lowest BCUT2D eigenvalue weighted by molar-refractivity contribution is -0.120. The maximum absolute atomic E-state index is 13.5. The van der Waals surface area contributed by atoms with Crippen LogP contribution in [0.25, 0.3) is 0 Å². The number of pyridine rings is 1. The van der Waals surface area contributed by atoms with Crippen LogP contribution < -0.4 is 15.8 Å². The predicted molar refractivity (Wildman–Crippen MR) is 120 cm³/mol. The van der Waals surface area contributed by atoms with Gasteiger partial charge in [0.2, 0.25) is 5.91 Å². The maximum atomic E-state index is 13.5. The van der Waals surface area contributed by atoms with Gasteiger partial charge in [-0.3, -0.25) is 14.5 Å². The van der Waals surface area contributed by atoms with Gasteiger partial charge in [-0.25, -0.2) is 4.39 Å². The molecule has 6 nitrogen and oxygen atoms in total. The number of rotatable bonds is 4. The molecule has 0 aliphatic carbocycles. The summed E-state index contributed by atoms with van der Waals surface area (Å²) in [4.78, 5) is 33.1. The van der Waals surface area contributed by atoms with Gasteiger partial charge in [-0.2, -0.15) is 0 Å². The highest BCUT2D eigenvalue weighted by Gasteiger charge is 2.40. The highest BCUT2D eigenvalue weighted by molar-refractivity contribution is 5.97. The lowest BCUT2D eigenvalue weighted by Crippen LogP contribution is -2.52. The van der Waals surface area contributed by atoms with Crippen LogP contribution in [-0.2, 0) is 16.6 Å². The molecule has 1 aromatic heterocycles. The summed E-state index contributed by atoms with van der Waals surface area (Å²) in [7, 11) is 0. The Balaban J connectivity index is 1.63. The van der Waals surface area contributed by atoms with Crippen LogP contribution >= 0.6 is 0 Å². The second kappa shape index (κ2) is 8.20. The van der Waals surface area contributed by atoms with Gasteiger partial charge in [-0.05, 0) is 43.2 Å². The van der Waals surface area contributed by atoms with Crippen LogP contribution in [0.4, 0.5) is 10.1 Å². The second-order valence-corrected chi connectivity index (χ2v) is 9.59. The Morgan fingerprint density at radius 1 is 1.26 bits per heavy atom. The number of carbonyl (C=O) groups excluding carboxylic acids is 1. The quantitative estimate of drug-likeness (QED) is 0.788. The number of H-pyrrole nitrogens is 1. The first-order chi connectivity index (χ1) is 14.6. The van der Waals surface area contributed by atoms with Crippen LogP contribution in [0, 0.1) is 12.7 Å². The number of aromatic nitrogens is 1. The number of nitrogens with one attached hydrogen (secondary N) is 2. The minimum atomic E-state index is -0.328. The van der Waals surface area contributed by atoms with Gasteiger partial charge in [0, 0.05) is 55.3 Å². The fourth-order valence-electron chi connectivity index (χ4n) is 4.70. The number of hydrogen-bond donors (Lipinski definition) is 2. The summed E-state index contributed by atoms with van der Waals surface area (Å²) in [5, 5.41) is 3.40. The highest BCUT2D eigenvalue weighted by atomic mass is 19.1. The Morgan fingerprint density at radius 3 is 2.74 bits per heavy atom. The summed E-state index contributed by atoms with van der Waals surface area (Å²) < 4.78 is 13.5. The van der Waals surface area contributed by atoms with Crippen LogP contribution in [0.3, 0.4) is 0 Å². The molecule has 0 spiro atoms. The van der Waals surface area contributed by atoms with E-state index < -0.39 is 0 Å². The number of hydrogen-bond acceptors (Lipinski definition) is 4. The van der Waals surface area contributed by atoms with Gasteiger partial charge in [-0.15, -0.1) is 0 Å². The van der Waals surface area contributed by atoms with Crippen molar-refractivity contribution in [2.24, 2.45) is 0 Å². The monoisotopic (exact) mass is 426 g/mol. The van der Waals surface area contributed by atoms with E-state index in [0.717, 1.165) is 42.1 Å². The van der Waals surface area contributed by atoms with Crippen molar-refractivity contribution in [3.8, 4) is 0 Å². The second-order valence-electron chi connectivity index (χ2n) is 9.59. The van der Waals surface area contributed by atoms with Gasteiger partial charge < -0.3 is 15.2 Å². The molecule has 31 heavy (non-hydrogen) atoms. The van der Waals surface area contributed by atoms with Crippen molar-refractivity contribution in [2.75, 3.05) is 37.6 Å². The SMILES string of the molecule is Cc1cc(F)ccc1Cc1cc2c([nH]c1=O)C(C)(C)CN2C(=O)CN1CCN[C@H](C)C1. The summed E-state index contributed by atoms with van der Waals surface area (Å²) in [6.45, 7) is 11.5. The smallest absolute Gasteiger partial charge is 0.251 e. The Morgan fingerprint density at radius 2 is 2.03 bits per heavy atom. The standard InChI is InChI=1S/C24H31FN4O2/c1-15-9-19(25)6-5-17(15)10-18-11-20-22(27-23(18)31)24(3,4)14-29(20)21(30)13-28-8-7-26-16(2)12-28/h5-6,9,11,16,26H,7-8,10,12-14H2,1-4H3,(H,27,31)/t16-/m1/s1. The van der Waals surface area contributed by atoms with Crippen molar-refractivity contribution in [2.45, 2.75) is 45.6 Å². The summed E-state index contributed by atoms with van der Waals surface area (Å²) in [6.07, 6.45) is 0.395. The molecule has 7 heteroatoms. The van der Waals surface area contributed by atoms with Gasteiger partial charge in [-0.1, -0.05) is 19.9 Å². The van der Waals surface area contributed by atoms with E-state index >= 15 is 0 Å². The number of halogens is 1. The van der Waals surface area contributed by atoms with E-state index in [-0.39, 0.29) is 22.7 Å². The minimum absolute atomic E-state index is 0.0527. The largest absolute Gasteiger partial charge is 0.323 e. The average molecular weight is 427 g/mol. The first-order valence-electron chi connectivity index (χ1n) is 10.9. The van der Waals surface area contributed by atoms with Crippen molar-refractivity contribution >= 4 is 11.6 Å². The number of aromatic amines is 1. The van der Waals surface area contributed by atoms with Gasteiger partial charge in [0.15, 0.2) is 0 Å². The Hall–Kier alpha value is -2.51. The Bertz CT molecular complexity index is 1060. The van der Waals surface area contributed by atoms with Gasteiger partial charge in [0.1, 0.15) is 5.82 Å². The third-order valence-corrected chi connectivity index (χ3v) is 6.42. The molecule has 166 valence electrons. The van der Waals surface area contributed by atoms with Crippen molar-refractivity contribution in [1.29, 1.82) is 0 Å². The lowest BCUT2D eigenvalue weighted by Gasteiger charge is -2.32. The molecule has 1 amide bonds. The molecule has 2 N–H and O–H groups in total. The summed E-state index contributed by atoms with van der Waals surface area (Å²) in [6, 6.07) is 6.83. The number of amides is 1. The summed E-state index contributed by atoms with van der Waals surface area (Å²) in [5.41, 5.74) is 3.40. The third-order valence-electron chi connectivity index (χ3n) is 6.42. The number of piperazine rings is 1. The number of aryl methyl sites for hydroxylation is 1. The van der Waals surface area contributed by atoms with Gasteiger partial charge >= 0.3 is 0 Å². The maximum Gasteiger partial charge on any atom is 0.251 e. The van der Waals surface area contributed by atoms with E-state index in [0.29, 0.717) is 31.1 Å². The number of benzene rings is 1. The molecule has 0 saturated carbocycles. The molecule has 4 rings (SSSR count). The zero-order valence-electron chi connectivity index (χ0n) is 18.7. The molecule has 2 aliphatic heterocycles. The van der Waals surface area contributed by atoms with E-state index in [1.807, 2.05) is 31.7 Å². The van der Waals surface area contributed by atoms with Crippen LogP contribution in [-0.4, -0.2) is 54.6 Å². The summed E-state index contributed by atoms with van der Waals surface area (Å²) in [5.74, 6) is -0.234. The van der Waals surface area contributed by atoms with Gasteiger partial charge in [0.05, 0.1) is 12.2 Å². The molecule has 1 fully saturated rings. The zero-order valence-corrected chi connectivity index (χ0v) is 18.7. The zero-order chi connectivity index (χ0) is 22.3. The number of carbonyl (C=O) groups is 1. The third kappa shape index (κ3) is 4.43. The van der Waals surface area contributed by atoms with E-state index in [2.05, 4.69) is 22.1 Å². The normalized spacial score (nSPS) is 20.7. The molecule has 2 aliphatic rings. The van der Waals surface area contributed by atoms with E-state index in [4.69, 9.17) is 0 Å². The lowest BCUT2D eigenvalue weighted by atomic mass is 9.90. The molecule has 1 atom stereocenters. The topological polar surface area (TPSA) is 68.4 Å². The van der Waals surface area contributed by atoms with Crippen molar-refractivity contribution in [3.63, 3.8) is 0 Å². The average Bonchev–Trinajstić information content (AvgIpc) is 2.95. The van der Waals surface area contributed by atoms with E-state index in [1.165, 1.54) is 12.1 Å². The molecule has 1 saturated heterocycles. The Kier molecular flexibility index (Phi) is 5.75. The molecule has 0 radical (unpaired) electrons. The predicted octanol–water partition coefficient (Wildman–Crippen LogP) is 2.33. The summed E-state index contributed by atoms with van der Waals surface area (Å²) >= 11 is 0. The van der Waals surface area contributed by atoms with Crippen molar-refractivity contribution < 1.29 is 9.18 Å². The minimum Gasteiger partial charge on any atom is -0.323 e. The number of nitrogens with zero attached hydrogens (tertiary/aromatic N) is 2. The highest BCUT2D eigenvalue weighted by Crippen LogP contribution is 2.39. The first kappa shape index (κ1) is 21.7. The molecule has 1 aromatic carbocycles. The fourth-order valence-corrected chi connectivity index (χ4v) is 4.70. The Labute approximate surface area is 182 Å². The van der Waals surface area contributed by atoms with Crippen LogP contribution in [0.5, 0.6) is 0 Å². The molecular weight excluding hydrogens is 395 g/mol. The molecule has 2 aromatic rings. The van der Waals surface area contributed by atoms with Crippen LogP contribution in [0.15, 0.2) is 29.1 Å². The molecule has 3 heterocycles. The molecule has 0 bridgehead atoms. The molecule has 0 unspecified atom stereocenters. The van der Waals surface area contributed by atoms with E-state index in [9.17, 15) is 14.0 Å². The van der Waals surface area contributed by atoms with Crippen molar-refractivity contribution in [1.82, 2.24) is 15.2 Å².